The average Bonchev–Trinajstić information content (AvgIpc) is 1.99. The van der Waals surface area contributed by atoms with Crippen molar-refractivity contribution < 1.29 is 16.8 Å². The Morgan fingerprint density at radius 2 is 1.67 bits per heavy atom. The summed E-state index contributed by atoms with van der Waals surface area (Å²) in [6, 6.07) is 2.91. The fourth-order valence-corrected chi connectivity index (χ4v) is 2.80. The third-order valence-electron chi connectivity index (χ3n) is 1.49. The molecule has 84 valence electrons. The zero-order valence-corrected chi connectivity index (χ0v) is 10.2. The quantitative estimate of drug-likeness (QED) is 0.819. The van der Waals surface area contributed by atoms with E-state index in [0.717, 1.165) is 18.2 Å². The highest BCUT2D eigenvalue weighted by atomic mass is 35.7. The normalized spacial score (nSPS) is 12.7. The van der Waals surface area contributed by atoms with Crippen LogP contribution in [0.5, 0.6) is 0 Å². The maximum Gasteiger partial charge on any atom is 0.261 e. The van der Waals surface area contributed by atoms with E-state index in [2.05, 4.69) is 0 Å². The first-order valence-corrected chi connectivity index (χ1v) is 7.63. The topological polar surface area (TPSA) is 94.3 Å². The third-order valence-corrected chi connectivity index (χ3v) is 4.24. The van der Waals surface area contributed by atoms with Crippen LogP contribution in [0.15, 0.2) is 28.0 Å². The van der Waals surface area contributed by atoms with Crippen LogP contribution < -0.4 is 5.14 Å². The second-order valence-corrected chi connectivity index (χ2v) is 7.08. The minimum Gasteiger partial charge on any atom is -0.225 e. The van der Waals surface area contributed by atoms with Crippen molar-refractivity contribution in [2.45, 2.75) is 9.79 Å². The highest BCUT2D eigenvalue weighted by Crippen LogP contribution is 2.25. The lowest BCUT2D eigenvalue weighted by Gasteiger charge is -2.02. The van der Waals surface area contributed by atoms with Crippen LogP contribution in [0.2, 0.25) is 5.02 Å². The van der Waals surface area contributed by atoms with Crippen molar-refractivity contribution in [3.63, 3.8) is 0 Å². The van der Waals surface area contributed by atoms with Gasteiger partial charge in [-0.1, -0.05) is 11.6 Å². The number of nitrogens with two attached hydrogens (primary N) is 1. The Bertz CT molecular complexity index is 594. The van der Waals surface area contributed by atoms with Crippen molar-refractivity contribution in [2.75, 3.05) is 0 Å². The van der Waals surface area contributed by atoms with Gasteiger partial charge in [0.2, 0.25) is 10.0 Å². The van der Waals surface area contributed by atoms with E-state index < -0.39 is 19.1 Å². The molecule has 0 heterocycles. The maximum absolute atomic E-state index is 10.9. The smallest absolute Gasteiger partial charge is 0.225 e. The van der Waals surface area contributed by atoms with Gasteiger partial charge < -0.3 is 0 Å². The summed E-state index contributed by atoms with van der Waals surface area (Å²) in [5, 5.41) is 4.53. The van der Waals surface area contributed by atoms with Crippen molar-refractivity contribution >= 4 is 41.4 Å². The summed E-state index contributed by atoms with van der Waals surface area (Å²) in [6.45, 7) is 0. The molecule has 0 aliphatic rings. The van der Waals surface area contributed by atoms with Crippen LogP contribution in [-0.2, 0) is 19.1 Å². The summed E-state index contributed by atoms with van der Waals surface area (Å²) in [5.41, 5.74) is 0. The predicted octanol–water partition coefficient (Wildman–Crippen LogP) is 0.915. The molecule has 1 rings (SSSR count). The van der Waals surface area contributed by atoms with E-state index in [9.17, 15) is 16.8 Å². The van der Waals surface area contributed by atoms with E-state index in [-0.39, 0.29) is 14.8 Å². The lowest BCUT2D eigenvalue weighted by atomic mass is 10.4. The standard InChI is InChI=1S/C6H5Cl2NO4S2/c7-5-3-4(14(8,10)11)1-2-6(5)15(9,12)13/h1-3H,(H2,9,12,13). The first-order chi connectivity index (χ1) is 6.62. The number of hydrogen-bond acceptors (Lipinski definition) is 4. The Labute approximate surface area is 96.3 Å². The molecule has 1 aromatic rings. The molecule has 0 fully saturated rings. The van der Waals surface area contributed by atoms with Crippen LogP contribution in [0.25, 0.3) is 0 Å². The van der Waals surface area contributed by atoms with E-state index >= 15 is 0 Å². The summed E-state index contributed by atoms with van der Waals surface area (Å²) in [4.78, 5) is -0.644. The van der Waals surface area contributed by atoms with Crippen LogP contribution in [0, 0.1) is 0 Å². The minimum absolute atomic E-state index is 0.290. The van der Waals surface area contributed by atoms with Gasteiger partial charge in [0.05, 0.1) is 9.92 Å². The largest absolute Gasteiger partial charge is 0.261 e. The molecular weight excluding hydrogens is 285 g/mol. The molecule has 0 aliphatic carbocycles. The molecule has 9 heteroatoms. The van der Waals surface area contributed by atoms with Crippen LogP contribution in [0.3, 0.4) is 0 Å². The van der Waals surface area contributed by atoms with Gasteiger partial charge in [-0.2, -0.15) is 0 Å². The molecule has 1 aromatic carbocycles. The van der Waals surface area contributed by atoms with E-state index in [4.69, 9.17) is 27.4 Å². The molecule has 0 aromatic heterocycles. The van der Waals surface area contributed by atoms with Gasteiger partial charge in [-0.05, 0) is 18.2 Å². The molecule has 0 bridgehead atoms. The molecule has 0 spiro atoms. The Morgan fingerprint density at radius 1 is 1.13 bits per heavy atom. The summed E-state index contributed by atoms with van der Waals surface area (Å²) in [7, 11) is -2.87. The van der Waals surface area contributed by atoms with E-state index in [1.807, 2.05) is 0 Å². The number of rotatable bonds is 2. The first kappa shape index (κ1) is 12.7. The molecule has 0 amide bonds. The second kappa shape index (κ2) is 3.91. The Kier molecular flexibility index (Phi) is 3.32. The van der Waals surface area contributed by atoms with Crippen molar-refractivity contribution in [3.05, 3.63) is 23.2 Å². The lowest BCUT2D eigenvalue weighted by molar-refractivity contribution is 0.596. The van der Waals surface area contributed by atoms with Gasteiger partial charge in [-0.25, -0.2) is 22.0 Å². The summed E-state index contributed by atoms with van der Waals surface area (Å²) >= 11 is 5.54. The molecule has 0 saturated heterocycles. The van der Waals surface area contributed by atoms with Gasteiger partial charge in [0.1, 0.15) is 4.90 Å². The molecule has 5 nitrogen and oxygen atoms in total. The summed E-state index contributed by atoms with van der Waals surface area (Å²) in [6.07, 6.45) is 0. The number of hydrogen-bond donors (Lipinski definition) is 1. The molecule has 15 heavy (non-hydrogen) atoms. The van der Waals surface area contributed by atoms with E-state index in [1.165, 1.54) is 0 Å². The fourth-order valence-electron chi connectivity index (χ4n) is 0.864. The molecule has 2 N–H and O–H groups in total. The minimum atomic E-state index is -3.97. The maximum atomic E-state index is 10.9. The lowest BCUT2D eigenvalue weighted by Crippen LogP contribution is -2.12. The predicted molar refractivity (Wildman–Crippen MR) is 55.9 cm³/mol. The first-order valence-electron chi connectivity index (χ1n) is 3.39. The van der Waals surface area contributed by atoms with Crippen LogP contribution in [0.1, 0.15) is 0 Å². The zero-order chi connectivity index (χ0) is 11.9. The van der Waals surface area contributed by atoms with Crippen molar-refractivity contribution in [1.82, 2.24) is 0 Å². The van der Waals surface area contributed by atoms with Crippen molar-refractivity contribution in [1.29, 1.82) is 0 Å². The molecule has 0 radical (unpaired) electrons. The molecule has 0 unspecified atom stereocenters. The highest BCUT2D eigenvalue weighted by Gasteiger charge is 2.17. The third kappa shape index (κ3) is 3.05. The van der Waals surface area contributed by atoms with Crippen LogP contribution in [0.4, 0.5) is 0 Å². The van der Waals surface area contributed by atoms with Gasteiger partial charge in [-0.15, -0.1) is 0 Å². The Morgan fingerprint density at radius 3 is 2.00 bits per heavy atom. The second-order valence-electron chi connectivity index (χ2n) is 2.58. The van der Waals surface area contributed by atoms with Crippen LogP contribution >= 0.6 is 22.3 Å². The fraction of sp³-hybridized carbons (Fsp3) is 0. The van der Waals surface area contributed by atoms with Gasteiger partial charge in [0.15, 0.2) is 0 Å². The van der Waals surface area contributed by atoms with E-state index in [0.29, 0.717) is 0 Å². The molecule has 0 aliphatic heterocycles. The average molecular weight is 290 g/mol. The van der Waals surface area contributed by atoms with Gasteiger partial charge in [-0.3, -0.25) is 0 Å². The van der Waals surface area contributed by atoms with Gasteiger partial charge in [0.25, 0.3) is 9.05 Å². The van der Waals surface area contributed by atoms with Crippen molar-refractivity contribution in [3.8, 4) is 0 Å². The summed E-state index contributed by atoms with van der Waals surface area (Å²) < 4.78 is 43.6. The summed E-state index contributed by atoms with van der Waals surface area (Å²) in [5.74, 6) is 0. The van der Waals surface area contributed by atoms with Gasteiger partial charge >= 0.3 is 0 Å². The van der Waals surface area contributed by atoms with Gasteiger partial charge in [0, 0.05) is 10.7 Å². The molecular formula is C6H5Cl2NO4S2. The number of primary sulfonamides is 1. The monoisotopic (exact) mass is 289 g/mol. The zero-order valence-electron chi connectivity index (χ0n) is 7.01. The number of halogens is 2. The molecule has 0 saturated carbocycles. The number of benzene rings is 1. The molecule has 0 atom stereocenters. The highest BCUT2D eigenvalue weighted by molar-refractivity contribution is 8.13. The Balaban J connectivity index is 3.47. The van der Waals surface area contributed by atoms with E-state index in [1.54, 1.807) is 0 Å². The Hall–Kier alpha value is -0.340. The van der Waals surface area contributed by atoms with Crippen LogP contribution in [-0.4, -0.2) is 16.8 Å². The number of sulfonamides is 1. The SMILES string of the molecule is NS(=O)(=O)c1ccc(S(=O)(=O)Cl)cc1Cl. The van der Waals surface area contributed by atoms with Crippen molar-refractivity contribution in [2.24, 2.45) is 5.14 Å².